The molecule has 104 valence electrons. The molecule has 0 bridgehead atoms. The van der Waals surface area contributed by atoms with Gasteiger partial charge in [-0.05, 0) is 43.5 Å². The van der Waals surface area contributed by atoms with Gasteiger partial charge in [0.1, 0.15) is 0 Å². The van der Waals surface area contributed by atoms with Crippen molar-refractivity contribution < 1.29 is 9.90 Å². The molecule has 0 saturated carbocycles. The first kappa shape index (κ1) is 14.2. The van der Waals surface area contributed by atoms with E-state index in [4.69, 9.17) is 0 Å². The first-order valence-corrected chi connectivity index (χ1v) is 8.18. The number of rotatable bonds is 3. The molecule has 2 aliphatic heterocycles. The molecule has 2 aliphatic rings. The Morgan fingerprint density at radius 2 is 1.94 bits per heavy atom. The van der Waals surface area contributed by atoms with Crippen LogP contribution in [0.5, 0.6) is 0 Å². The lowest BCUT2D eigenvalue weighted by Gasteiger charge is -2.56. The van der Waals surface area contributed by atoms with Crippen molar-refractivity contribution in [1.29, 1.82) is 0 Å². The third kappa shape index (κ3) is 2.55. The van der Waals surface area contributed by atoms with Gasteiger partial charge in [-0.2, -0.15) is 11.8 Å². The van der Waals surface area contributed by atoms with Crippen LogP contribution in [0.1, 0.15) is 46.0 Å². The highest BCUT2D eigenvalue weighted by Crippen LogP contribution is 2.48. The number of carboxylic acid groups (broad SMARTS) is 1. The summed E-state index contributed by atoms with van der Waals surface area (Å²) >= 11 is 1.93. The average molecular weight is 271 g/mol. The molecule has 0 aromatic carbocycles. The summed E-state index contributed by atoms with van der Waals surface area (Å²) in [6.07, 6.45) is 5.17. The molecule has 2 saturated heterocycles. The largest absolute Gasteiger partial charge is 0.481 e. The summed E-state index contributed by atoms with van der Waals surface area (Å²) in [4.78, 5) is 13.9. The van der Waals surface area contributed by atoms with Crippen LogP contribution in [0.15, 0.2) is 0 Å². The van der Waals surface area contributed by atoms with Crippen molar-refractivity contribution in [3.63, 3.8) is 0 Å². The maximum absolute atomic E-state index is 11.4. The van der Waals surface area contributed by atoms with Crippen molar-refractivity contribution in [3.8, 4) is 0 Å². The number of piperidine rings is 1. The maximum atomic E-state index is 11.4. The lowest BCUT2D eigenvalue weighted by Crippen LogP contribution is -2.63. The molecule has 0 aliphatic carbocycles. The SMILES string of the molecule is CC1(C)CCSCC1(CC(=O)O)N1CCCCC1. The molecule has 1 N–H and O–H groups in total. The van der Waals surface area contributed by atoms with Gasteiger partial charge in [0.15, 0.2) is 0 Å². The van der Waals surface area contributed by atoms with Gasteiger partial charge in [-0.15, -0.1) is 0 Å². The zero-order valence-corrected chi connectivity index (χ0v) is 12.4. The van der Waals surface area contributed by atoms with E-state index in [0.29, 0.717) is 6.42 Å². The van der Waals surface area contributed by atoms with Gasteiger partial charge >= 0.3 is 5.97 Å². The normalized spacial score (nSPS) is 33.2. The van der Waals surface area contributed by atoms with Crippen LogP contribution in [-0.4, -0.2) is 46.1 Å². The van der Waals surface area contributed by atoms with E-state index in [-0.39, 0.29) is 11.0 Å². The number of likely N-dealkylation sites (tertiary alicyclic amines) is 1. The molecule has 0 radical (unpaired) electrons. The fourth-order valence-corrected chi connectivity index (χ4v) is 5.30. The lowest BCUT2D eigenvalue weighted by molar-refractivity contribution is -0.144. The van der Waals surface area contributed by atoms with E-state index in [1.54, 1.807) is 0 Å². The first-order valence-electron chi connectivity index (χ1n) is 7.03. The molecule has 0 amide bonds. The number of hydrogen-bond acceptors (Lipinski definition) is 3. The summed E-state index contributed by atoms with van der Waals surface area (Å²) in [6.45, 7) is 6.70. The van der Waals surface area contributed by atoms with Crippen LogP contribution in [0.4, 0.5) is 0 Å². The van der Waals surface area contributed by atoms with E-state index >= 15 is 0 Å². The molecule has 2 rings (SSSR count). The lowest BCUT2D eigenvalue weighted by atomic mass is 9.67. The van der Waals surface area contributed by atoms with Gasteiger partial charge in [0.05, 0.1) is 6.42 Å². The summed E-state index contributed by atoms with van der Waals surface area (Å²) < 4.78 is 0. The minimum Gasteiger partial charge on any atom is -0.481 e. The molecule has 3 nitrogen and oxygen atoms in total. The predicted molar refractivity (Wildman–Crippen MR) is 76.1 cm³/mol. The Morgan fingerprint density at radius 3 is 2.50 bits per heavy atom. The fourth-order valence-electron chi connectivity index (χ4n) is 3.49. The molecular formula is C14H25NO2S. The van der Waals surface area contributed by atoms with Crippen LogP contribution >= 0.6 is 11.8 Å². The summed E-state index contributed by atoms with van der Waals surface area (Å²) in [5.41, 5.74) is -0.0316. The van der Waals surface area contributed by atoms with Crippen molar-refractivity contribution >= 4 is 17.7 Å². The van der Waals surface area contributed by atoms with Crippen LogP contribution in [0.2, 0.25) is 0 Å². The van der Waals surface area contributed by atoms with Crippen molar-refractivity contribution in [2.45, 2.75) is 51.5 Å². The molecule has 1 atom stereocenters. The average Bonchev–Trinajstić information content (AvgIpc) is 2.32. The minimum absolute atomic E-state index is 0.105. The van der Waals surface area contributed by atoms with Crippen molar-refractivity contribution in [2.75, 3.05) is 24.6 Å². The number of nitrogens with zero attached hydrogens (tertiary/aromatic N) is 1. The fraction of sp³-hybridized carbons (Fsp3) is 0.929. The Morgan fingerprint density at radius 1 is 1.28 bits per heavy atom. The highest BCUT2D eigenvalue weighted by atomic mass is 32.2. The molecule has 4 heteroatoms. The molecule has 2 heterocycles. The van der Waals surface area contributed by atoms with Gasteiger partial charge in [-0.1, -0.05) is 20.3 Å². The number of thioether (sulfide) groups is 1. The van der Waals surface area contributed by atoms with Crippen LogP contribution in [0.3, 0.4) is 0 Å². The summed E-state index contributed by atoms with van der Waals surface area (Å²) in [6, 6.07) is 0. The van der Waals surface area contributed by atoms with Crippen molar-refractivity contribution in [3.05, 3.63) is 0 Å². The highest BCUT2D eigenvalue weighted by Gasteiger charge is 2.52. The molecule has 18 heavy (non-hydrogen) atoms. The van der Waals surface area contributed by atoms with Gasteiger partial charge in [-0.25, -0.2) is 0 Å². The van der Waals surface area contributed by atoms with Crippen molar-refractivity contribution in [2.24, 2.45) is 5.41 Å². The van der Waals surface area contributed by atoms with Gasteiger partial charge in [-0.3, -0.25) is 9.69 Å². The van der Waals surface area contributed by atoms with Gasteiger partial charge in [0.25, 0.3) is 0 Å². The van der Waals surface area contributed by atoms with E-state index in [2.05, 4.69) is 18.7 Å². The smallest absolute Gasteiger partial charge is 0.305 e. The molecule has 0 spiro atoms. The molecule has 0 aromatic rings. The first-order chi connectivity index (χ1) is 8.48. The topological polar surface area (TPSA) is 40.5 Å². The third-order valence-corrected chi connectivity index (χ3v) is 6.05. The second-order valence-electron chi connectivity index (χ2n) is 6.34. The van der Waals surface area contributed by atoms with E-state index in [0.717, 1.165) is 25.3 Å². The number of carboxylic acids is 1. The van der Waals surface area contributed by atoms with Crippen LogP contribution < -0.4 is 0 Å². The van der Waals surface area contributed by atoms with Crippen LogP contribution in [0, 0.1) is 5.41 Å². The summed E-state index contributed by atoms with van der Waals surface area (Å²) in [7, 11) is 0. The van der Waals surface area contributed by atoms with E-state index in [1.165, 1.54) is 25.0 Å². The Hall–Kier alpha value is -0.220. The number of aliphatic carboxylic acids is 1. The quantitative estimate of drug-likeness (QED) is 0.857. The summed E-state index contributed by atoms with van der Waals surface area (Å²) in [5, 5.41) is 9.36. The van der Waals surface area contributed by atoms with E-state index in [1.807, 2.05) is 11.8 Å². The second-order valence-corrected chi connectivity index (χ2v) is 7.44. The zero-order chi connectivity index (χ0) is 13.2. The number of hydrogen-bond donors (Lipinski definition) is 1. The van der Waals surface area contributed by atoms with Crippen LogP contribution in [0.25, 0.3) is 0 Å². The Labute approximate surface area is 114 Å². The summed E-state index contributed by atoms with van der Waals surface area (Å²) in [5.74, 6) is 1.50. The monoisotopic (exact) mass is 271 g/mol. The Bertz CT molecular complexity index is 313. The van der Waals surface area contributed by atoms with Crippen LogP contribution in [-0.2, 0) is 4.79 Å². The van der Waals surface area contributed by atoms with Gasteiger partial charge in [0, 0.05) is 11.3 Å². The predicted octanol–water partition coefficient (Wildman–Crippen LogP) is 2.85. The van der Waals surface area contributed by atoms with Gasteiger partial charge in [0.2, 0.25) is 0 Å². The Balaban J connectivity index is 2.28. The zero-order valence-electron chi connectivity index (χ0n) is 11.6. The number of carbonyl (C=O) groups is 1. The molecule has 0 aromatic heterocycles. The maximum Gasteiger partial charge on any atom is 0.305 e. The van der Waals surface area contributed by atoms with E-state index in [9.17, 15) is 9.90 Å². The van der Waals surface area contributed by atoms with Gasteiger partial charge < -0.3 is 5.11 Å². The minimum atomic E-state index is -0.642. The standard InChI is InChI=1S/C14H25NO2S/c1-13(2)6-9-18-11-14(13,10-12(16)17)15-7-4-3-5-8-15/h3-11H2,1-2H3,(H,16,17). The molecular weight excluding hydrogens is 246 g/mol. The third-order valence-electron chi connectivity index (χ3n) is 4.88. The van der Waals surface area contributed by atoms with Crippen molar-refractivity contribution in [1.82, 2.24) is 4.90 Å². The Kier molecular flexibility index (Phi) is 4.27. The van der Waals surface area contributed by atoms with E-state index < -0.39 is 5.97 Å². The highest BCUT2D eigenvalue weighted by molar-refractivity contribution is 7.99. The molecule has 1 unspecified atom stereocenters. The second kappa shape index (κ2) is 5.41. The molecule has 2 fully saturated rings.